The largest absolute Gasteiger partial charge is 0.328 e. The normalized spacial score (nSPS) is 15.7. The number of nitrogens with two attached hydrogens (primary N) is 1. The van der Waals surface area contributed by atoms with Crippen LogP contribution in [-0.2, 0) is 0 Å². The predicted octanol–water partition coefficient (Wildman–Crippen LogP) is 2.16. The molecule has 1 atom stereocenters. The Labute approximate surface area is 58.6 Å². The molecule has 0 amide bonds. The SMILES string of the molecule is CC(N)CCC(C)(C)C. The molecule has 0 bridgehead atoms. The summed E-state index contributed by atoms with van der Waals surface area (Å²) in [7, 11) is 0. The standard InChI is InChI=1S/C8H19N/c1-7(9)5-6-8(2,3)4/h7H,5-6,9H2,1-4H3. The molecule has 0 heterocycles. The molecule has 0 rings (SSSR count). The van der Waals surface area contributed by atoms with Gasteiger partial charge in [-0.15, -0.1) is 0 Å². The Balaban J connectivity index is 3.28. The molecule has 1 nitrogen and oxygen atoms in total. The van der Waals surface area contributed by atoms with Crippen molar-refractivity contribution < 1.29 is 0 Å². The molecule has 0 aromatic rings. The van der Waals surface area contributed by atoms with Gasteiger partial charge in [0.1, 0.15) is 0 Å². The number of hydrogen-bond acceptors (Lipinski definition) is 1. The Bertz CT molecular complexity index is 69.1. The second-order valence-electron chi connectivity index (χ2n) is 4.08. The van der Waals surface area contributed by atoms with Crippen molar-refractivity contribution in [1.82, 2.24) is 0 Å². The lowest BCUT2D eigenvalue weighted by molar-refractivity contribution is 0.352. The van der Waals surface area contributed by atoms with E-state index in [1.807, 2.05) is 0 Å². The molecule has 9 heavy (non-hydrogen) atoms. The smallest absolute Gasteiger partial charge is 0.00106 e. The lowest BCUT2D eigenvalue weighted by Gasteiger charge is -2.18. The van der Waals surface area contributed by atoms with E-state index >= 15 is 0 Å². The molecule has 0 fully saturated rings. The van der Waals surface area contributed by atoms with E-state index in [2.05, 4.69) is 27.7 Å². The second-order valence-corrected chi connectivity index (χ2v) is 4.08. The zero-order chi connectivity index (χ0) is 7.49. The highest BCUT2D eigenvalue weighted by Gasteiger charge is 2.09. The quantitative estimate of drug-likeness (QED) is 0.607. The summed E-state index contributed by atoms with van der Waals surface area (Å²) in [4.78, 5) is 0. The summed E-state index contributed by atoms with van der Waals surface area (Å²) in [5, 5.41) is 0. The molecule has 1 heteroatoms. The molecule has 0 saturated carbocycles. The molecule has 0 aromatic carbocycles. The molecule has 0 saturated heterocycles. The van der Waals surface area contributed by atoms with Crippen LogP contribution in [0.25, 0.3) is 0 Å². The van der Waals surface area contributed by atoms with Gasteiger partial charge in [0, 0.05) is 6.04 Å². The minimum Gasteiger partial charge on any atom is -0.328 e. The Morgan fingerprint density at radius 1 is 1.33 bits per heavy atom. The number of hydrogen-bond donors (Lipinski definition) is 1. The fraction of sp³-hybridized carbons (Fsp3) is 1.00. The van der Waals surface area contributed by atoms with Gasteiger partial charge >= 0.3 is 0 Å². The maximum atomic E-state index is 5.60. The zero-order valence-corrected chi connectivity index (χ0v) is 7.07. The highest BCUT2D eigenvalue weighted by Crippen LogP contribution is 2.20. The third-order valence-electron chi connectivity index (χ3n) is 1.35. The van der Waals surface area contributed by atoms with E-state index in [0.717, 1.165) is 6.42 Å². The van der Waals surface area contributed by atoms with E-state index in [0.29, 0.717) is 11.5 Å². The van der Waals surface area contributed by atoms with E-state index in [1.165, 1.54) is 6.42 Å². The summed E-state index contributed by atoms with van der Waals surface area (Å²) in [5.41, 5.74) is 6.05. The molecule has 1 unspecified atom stereocenters. The van der Waals surface area contributed by atoms with Gasteiger partial charge in [-0.1, -0.05) is 20.8 Å². The highest BCUT2D eigenvalue weighted by molar-refractivity contribution is 4.64. The third kappa shape index (κ3) is 7.96. The highest BCUT2D eigenvalue weighted by atomic mass is 14.6. The Morgan fingerprint density at radius 3 is 1.89 bits per heavy atom. The van der Waals surface area contributed by atoms with Gasteiger partial charge < -0.3 is 5.73 Å². The predicted molar refractivity (Wildman–Crippen MR) is 42.3 cm³/mol. The fourth-order valence-electron chi connectivity index (χ4n) is 0.661. The van der Waals surface area contributed by atoms with E-state index < -0.39 is 0 Å². The lowest BCUT2D eigenvalue weighted by Crippen LogP contribution is -2.18. The van der Waals surface area contributed by atoms with Crippen molar-refractivity contribution in [2.75, 3.05) is 0 Å². The van der Waals surface area contributed by atoms with E-state index in [1.54, 1.807) is 0 Å². The summed E-state index contributed by atoms with van der Waals surface area (Å²) in [6, 6.07) is 0.365. The van der Waals surface area contributed by atoms with Crippen molar-refractivity contribution >= 4 is 0 Å². The van der Waals surface area contributed by atoms with Crippen LogP contribution in [0.1, 0.15) is 40.5 Å². The number of rotatable bonds is 2. The first-order valence-electron chi connectivity index (χ1n) is 3.67. The first-order chi connectivity index (χ1) is 3.92. The van der Waals surface area contributed by atoms with Crippen molar-refractivity contribution in [2.24, 2.45) is 11.1 Å². The van der Waals surface area contributed by atoms with Gasteiger partial charge in [-0.3, -0.25) is 0 Å². The van der Waals surface area contributed by atoms with Gasteiger partial charge in [-0.2, -0.15) is 0 Å². The molecule has 2 N–H and O–H groups in total. The van der Waals surface area contributed by atoms with Crippen LogP contribution in [0, 0.1) is 5.41 Å². The lowest BCUT2D eigenvalue weighted by atomic mass is 9.89. The van der Waals surface area contributed by atoms with Crippen LogP contribution in [0.15, 0.2) is 0 Å². The van der Waals surface area contributed by atoms with Gasteiger partial charge in [0.15, 0.2) is 0 Å². The Hall–Kier alpha value is -0.0400. The molecule has 0 aliphatic heterocycles. The molecular formula is C8H19N. The topological polar surface area (TPSA) is 26.0 Å². The van der Waals surface area contributed by atoms with Crippen molar-refractivity contribution in [3.05, 3.63) is 0 Å². The molecule has 0 aliphatic rings. The molecule has 0 radical (unpaired) electrons. The van der Waals surface area contributed by atoms with Gasteiger partial charge in [-0.25, -0.2) is 0 Å². The van der Waals surface area contributed by atoms with Crippen LogP contribution < -0.4 is 5.73 Å². The summed E-state index contributed by atoms with van der Waals surface area (Å²) >= 11 is 0. The van der Waals surface area contributed by atoms with Crippen LogP contribution in [0.5, 0.6) is 0 Å². The van der Waals surface area contributed by atoms with Crippen LogP contribution in [-0.4, -0.2) is 6.04 Å². The summed E-state index contributed by atoms with van der Waals surface area (Å²) in [6.45, 7) is 8.80. The van der Waals surface area contributed by atoms with Gasteiger partial charge in [0.25, 0.3) is 0 Å². The van der Waals surface area contributed by atoms with Crippen LogP contribution in [0.2, 0.25) is 0 Å². The molecule has 0 aromatic heterocycles. The third-order valence-corrected chi connectivity index (χ3v) is 1.35. The second kappa shape index (κ2) is 3.21. The van der Waals surface area contributed by atoms with Crippen molar-refractivity contribution in [1.29, 1.82) is 0 Å². The molecular weight excluding hydrogens is 110 g/mol. The van der Waals surface area contributed by atoms with Crippen molar-refractivity contribution in [3.8, 4) is 0 Å². The maximum Gasteiger partial charge on any atom is 0.00106 e. The van der Waals surface area contributed by atoms with Crippen molar-refractivity contribution in [3.63, 3.8) is 0 Å². The minimum atomic E-state index is 0.365. The van der Waals surface area contributed by atoms with Gasteiger partial charge in [-0.05, 0) is 25.2 Å². The molecule has 56 valence electrons. The Morgan fingerprint density at radius 2 is 1.78 bits per heavy atom. The van der Waals surface area contributed by atoms with Gasteiger partial charge in [0.2, 0.25) is 0 Å². The zero-order valence-electron chi connectivity index (χ0n) is 7.07. The molecule has 0 aliphatic carbocycles. The summed E-state index contributed by atoms with van der Waals surface area (Å²) < 4.78 is 0. The average molecular weight is 129 g/mol. The van der Waals surface area contributed by atoms with Crippen LogP contribution in [0.4, 0.5) is 0 Å². The minimum absolute atomic E-state index is 0.365. The maximum absolute atomic E-state index is 5.60. The average Bonchev–Trinajstić information content (AvgIpc) is 1.59. The monoisotopic (exact) mass is 129 g/mol. The Kier molecular flexibility index (Phi) is 3.20. The van der Waals surface area contributed by atoms with Crippen LogP contribution >= 0.6 is 0 Å². The first-order valence-corrected chi connectivity index (χ1v) is 3.67. The van der Waals surface area contributed by atoms with E-state index in [-0.39, 0.29) is 0 Å². The summed E-state index contributed by atoms with van der Waals surface area (Å²) in [5.74, 6) is 0. The van der Waals surface area contributed by atoms with Crippen LogP contribution in [0.3, 0.4) is 0 Å². The van der Waals surface area contributed by atoms with E-state index in [4.69, 9.17) is 5.73 Å². The molecule has 0 spiro atoms. The van der Waals surface area contributed by atoms with E-state index in [9.17, 15) is 0 Å². The van der Waals surface area contributed by atoms with Gasteiger partial charge in [0.05, 0.1) is 0 Å². The summed E-state index contributed by atoms with van der Waals surface area (Å²) in [6.07, 6.45) is 2.37. The van der Waals surface area contributed by atoms with Crippen molar-refractivity contribution in [2.45, 2.75) is 46.6 Å². The fourth-order valence-corrected chi connectivity index (χ4v) is 0.661. The first kappa shape index (κ1) is 8.96.